The predicted molar refractivity (Wildman–Crippen MR) is 77.6 cm³/mol. The maximum Gasteiger partial charge on any atom is 0.262 e. The van der Waals surface area contributed by atoms with Gasteiger partial charge < -0.3 is 19.2 Å². The van der Waals surface area contributed by atoms with Gasteiger partial charge in [-0.2, -0.15) is 0 Å². The quantitative estimate of drug-likeness (QED) is 0.389. The minimum Gasteiger partial charge on any atom is -0.756 e. The molecule has 0 unspecified atom stereocenters. The molecule has 2 N–H and O–H groups in total. The van der Waals surface area contributed by atoms with E-state index >= 15 is 0 Å². The molecule has 0 fully saturated rings. The Hall–Kier alpha value is 0.0700. The maximum atomic E-state index is 8.77. The summed E-state index contributed by atoms with van der Waals surface area (Å²) in [7, 11) is -0.228. The highest BCUT2D eigenvalue weighted by molar-refractivity contribution is 7.43. The lowest BCUT2D eigenvalue weighted by Gasteiger charge is -2.28. The molecule has 0 aliphatic heterocycles. The summed E-state index contributed by atoms with van der Waals surface area (Å²) in [6, 6.07) is 0. The summed E-state index contributed by atoms with van der Waals surface area (Å²) in [5, 5.41) is 0. The standard InChI is InChI=1S/C13H30N.H3O4P/c1-5-7-8-9-10-11-12-13-14(3,4)6-2;1-5(2,3)4/h5-13H2,1-4H3;(H3,1,2,3,4)/q+1;/p-1. The Morgan fingerprint density at radius 2 is 1.32 bits per heavy atom. The molecule has 6 heteroatoms. The average Bonchev–Trinajstić information content (AvgIpc) is 2.26. The first-order chi connectivity index (χ1) is 8.62. The molecule has 0 aliphatic rings. The number of nitrogens with zero attached hydrogens (tertiary/aromatic N) is 1. The smallest absolute Gasteiger partial charge is 0.262 e. The van der Waals surface area contributed by atoms with E-state index in [0.717, 1.165) is 0 Å². The highest BCUT2D eigenvalue weighted by Crippen LogP contribution is 2.19. The molecular weight excluding hydrogens is 265 g/mol. The number of unbranched alkanes of at least 4 members (excludes halogenated alkanes) is 6. The first kappa shape index (κ1) is 21.4. The van der Waals surface area contributed by atoms with Crippen molar-refractivity contribution in [2.75, 3.05) is 27.2 Å². The van der Waals surface area contributed by atoms with E-state index < -0.39 is 7.82 Å². The van der Waals surface area contributed by atoms with Gasteiger partial charge in [0.05, 0.1) is 27.2 Å². The third kappa shape index (κ3) is 27.3. The van der Waals surface area contributed by atoms with Crippen LogP contribution >= 0.6 is 7.82 Å². The molecule has 0 bridgehead atoms. The molecule has 0 aromatic rings. The Balaban J connectivity index is 0. The van der Waals surface area contributed by atoms with Crippen molar-refractivity contribution in [1.29, 1.82) is 0 Å². The lowest BCUT2D eigenvalue weighted by atomic mass is 10.1. The molecule has 0 saturated carbocycles. The molecule has 0 heterocycles. The van der Waals surface area contributed by atoms with Crippen molar-refractivity contribution in [1.82, 2.24) is 0 Å². The predicted octanol–water partition coefficient (Wildman–Crippen LogP) is 2.27. The van der Waals surface area contributed by atoms with Gasteiger partial charge in [0.2, 0.25) is 0 Å². The van der Waals surface area contributed by atoms with Gasteiger partial charge in [0.25, 0.3) is 7.82 Å². The fourth-order valence-corrected chi connectivity index (χ4v) is 1.66. The van der Waals surface area contributed by atoms with Crippen LogP contribution in [-0.4, -0.2) is 41.5 Å². The number of hydrogen-bond acceptors (Lipinski definition) is 2. The van der Waals surface area contributed by atoms with E-state index in [2.05, 4.69) is 27.9 Å². The van der Waals surface area contributed by atoms with E-state index in [1.165, 1.54) is 62.5 Å². The van der Waals surface area contributed by atoms with Gasteiger partial charge >= 0.3 is 0 Å². The van der Waals surface area contributed by atoms with E-state index in [9.17, 15) is 0 Å². The second kappa shape index (κ2) is 11.9. The molecule has 118 valence electrons. The second-order valence-electron chi connectivity index (χ2n) is 5.59. The molecule has 0 aliphatic carbocycles. The van der Waals surface area contributed by atoms with Crippen molar-refractivity contribution in [3.05, 3.63) is 0 Å². The lowest BCUT2D eigenvalue weighted by molar-refractivity contribution is -0.888. The van der Waals surface area contributed by atoms with Crippen LogP contribution in [-0.2, 0) is 4.57 Å². The molecule has 0 saturated heterocycles. The van der Waals surface area contributed by atoms with Crippen LogP contribution in [0, 0.1) is 0 Å². The fourth-order valence-electron chi connectivity index (χ4n) is 1.66. The van der Waals surface area contributed by atoms with Crippen LogP contribution in [0.15, 0.2) is 0 Å². The summed E-state index contributed by atoms with van der Waals surface area (Å²) >= 11 is 0. The van der Waals surface area contributed by atoms with E-state index in [1.807, 2.05) is 0 Å². The van der Waals surface area contributed by atoms with Crippen LogP contribution in [0.2, 0.25) is 0 Å². The first-order valence-corrected chi connectivity index (χ1v) is 8.74. The fraction of sp³-hybridized carbons (Fsp3) is 1.00. The Bertz CT molecular complexity index is 233. The normalized spacial score (nSPS) is 11.9. The summed E-state index contributed by atoms with van der Waals surface area (Å²) < 4.78 is 9.96. The van der Waals surface area contributed by atoms with E-state index in [0.29, 0.717) is 0 Å². The van der Waals surface area contributed by atoms with Crippen molar-refractivity contribution >= 4 is 7.82 Å². The zero-order chi connectivity index (χ0) is 15.4. The molecule has 0 rings (SSSR count). The molecule has 0 radical (unpaired) electrons. The average molecular weight is 297 g/mol. The zero-order valence-corrected chi connectivity index (χ0v) is 13.9. The van der Waals surface area contributed by atoms with Crippen molar-refractivity contribution < 1.29 is 23.7 Å². The molecule has 0 amide bonds. The summed E-state index contributed by atoms with van der Waals surface area (Å²) in [5.41, 5.74) is 0. The van der Waals surface area contributed by atoms with Gasteiger partial charge in [-0.1, -0.05) is 39.0 Å². The van der Waals surface area contributed by atoms with E-state index in [4.69, 9.17) is 19.2 Å². The van der Waals surface area contributed by atoms with Gasteiger partial charge in [-0.15, -0.1) is 0 Å². The van der Waals surface area contributed by atoms with Gasteiger partial charge in [0.1, 0.15) is 0 Å². The summed E-state index contributed by atoms with van der Waals surface area (Å²) in [6.07, 6.45) is 9.98. The molecule has 0 aromatic heterocycles. The Labute approximate surface area is 118 Å². The van der Waals surface area contributed by atoms with E-state index in [-0.39, 0.29) is 0 Å². The molecule has 5 nitrogen and oxygen atoms in total. The van der Waals surface area contributed by atoms with Crippen LogP contribution in [0.1, 0.15) is 58.8 Å². The number of hydrogen-bond donors (Lipinski definition) is 2. The Kier molecular flexibility index (Phi) is 13.3. The van der Waals surface area contributed by atoms with Crippen molar-refractivity contribution in [2.24, 2.45) is 0 Å². The molecule has 0 aromatic carbocycles. The van der Waals surface area contributed by atoms with Crippen LogP contribution in [0.3, 0.4) is 0 Å². The largest absolute Gasteiger partial charge is 0.756 e. The number of rotatable bonds is 9. The van der Waals surface area contributed by atoms with Gasteiger partial charge in [-0.05, 0) is 19.8 Å². The minimum atomic E-state index is -4.89. The summed E-state index contributed by atoms with van der Waals surface area (Å²) in [5.74, 6) is 0. The Morgan fingerprint density at radius 1 is 0.947 bits per heavy atom. The van der Waals surface area contributed by atoms with Gasteiger partial charge in [-0.3, -0.25) is 4.57 Å². The third-order valence-electron chi connectivity index (χ3n) is 3.22. The zero-order valence-electron chi connectivity index (χ0n) is 13.0. The molecule has 19 heavy (non-hydrogen) atoms. The minimum absolute atomic E-state index is 1.19. The first-order valence-electron chi connectivity index (χ1n) is 7.21. The van der Waals surface area contributed by atoms with Crippen molar-refractivity contribution in [2.45, 2.75) is 58.8 Å². The van der Waals surface area contributed by atoms with Crippen LogP contribution in [0.4, 0.5) is 0 Å². The topological polar surface area (TPSA) is 80.6 Å². The second-order valence-corrected chi connectivity index (χ2v) is 6.57. The molecule has 0 atom stereocenters. The Morgan fingerprint density at radius 3 is 1.68 bits per heavy atom. The molecule has 0 spiro atoms. The highest BCUT2D eigenvalue weighted by atomic mass is 31.2. The van der Waals surface area contributed by atoms with Gasteiger partial charge in [0.15, 0.2) is 0 Å². The number of phosphoric acid groups is 1. The SMILES string of the molecule is CCCCCCCCC[N+](C)(C)CC.O=P([O-])(O)O. The highest BCUT2D eigenvalue weighted by Gasteiger charge is 2.09. The van der Waals surface area contributed by atoms with Crippen molar-refractivity contribution in [3.8, 4) is 0 Å². The van der Waals surface area contributed by atoms with Gasteiger partial charge in [0, 0.05) is 0 Å². The van der Waals surface area contributed by atoms with Crippen molar-refractivity contribution in [3.63, 3.8) is 0 Å². The van der Waals surface area contributed by atoms with Gasteiger partial charge in [-0.25, -0.2) is 0 Å². The summed E-state index contributed by atoms with van der Waals surface area (Å²) in [6.45, 7) is 7.17. The van der Waals surface area contributed by atoms with E-state index in [1.54, 1.807) is 0 Å². The third-order valence-corrected chi connectivity index (χ3v) is 3.22. The molecular formula is C13H32NO4P. The summed E-state index contributed by atoms with van der Waals surface area (Å²) in [4.78, 5) is 22.9. The maximum absolute atomic E-state index is 8.77. The van der Waals surface area contributed by atoms with Crippen LogP contribution in [0.5, 0.6) is 0 Å². The monoisotopic (exact) mass is 297 g/mol. The lowest BCUT2D eigenvalue weighted by Crippen LogP contribution is -2.39. The van der Waals surface area contributed by atoms with Crippen LogP contribution < -0.4 is 4.89 Å². The van der Waals surface area contributed by atoms with Crippen LogP contribution in [0.25, 0.3) is 0 Å². The number of quaternary nitrogens is 1.